The highest BCUT2D eigenvalue weighted by atomic mass is 79.9. The fourth-order valence-electron chi connectivity index (χ4n) is 2.09. The Morgan fingerprint density at radius 3 is 2.95 bits per heavy atom. The fraction of sp³-hybridized carbons (Fsp3) is 0.357. The van der Waals surface area contributed by atoms with E-state index in [1.165, 1.54) is 17.0 Å². The Morgan fingerprint density at radius 1 is 1.63 bits per heavy atom. The predicted molar refractivity (Wildman–Crippen MR) is 74.6 cm³/mol. The van der Waals surface area contributed by atoms with E-state index in [0.717, 1.165) is 0 Å². The van der Waals surface area contributed by atoms with Crippen LogP contribution in [0, 0.1) is 24.1 Å². The SMILES string of the molecule is C#CC1CC(=O)N(c2cc(F)cc(Br)c2OCC)C1. The van der Waals surface area contributed by atoms with Gasteiger partial charge in [0.05, 0.1) is 16.8 Å². The molecular weight excluding hydrogens is 313 g/mol. The zero-order chi connectivity index (χ0) is 14.0. The third kappa shape index (κ3) is 2.74. The van der Waals surface area contributed by atoms with Gasteiger partial charge in [-0.25, -0.2) is 4.39 Å². The smallest absolute Gasteiger partial charge is 0.228 e. The summed E-state index contributed by atoms with van der Waals surface area (Å²) in [7, 11) is 0. The Balaban J connectivity index is 2.44. The molecule has 1 aromatic rings. The van der Waals surface area contributed by atoms with Crippen molar-refractivity contribution in [3.63, 3.8) is 0 Å². The molecule has 1 aliphatic heterocycles. The number of halogens is 2. The van der Waals surface area contributed by atoms with Gasteiger partial charge in [0.2, 0.25) is 5.91 Å². The molecule has 1 unspecified atom stereocenters. The van der Waals surface area contributed by atoms with Crippen LogP contribution in [0.5, 0.6) is 5.75 Å². The Bertz CT molecular complexity index is 553. The Hall–Kier alpha value is -1.54. The minimum absolute atomic E-state index is 0.110. The minimum atomic E-state index is -0.428. The largest absolute Gasteiger partial charge is 0.490 e. The van der Waals surface area contributed by atoms with Crippen molar-refractivity contribution in [2.75, 3.05) is 18.1 Å². The van der Waals surface area contributed by atoms with Gasteiger partial charge >= 0.3 is 0 Å². The average Bonchev–Trinajstić information content (AvgIpc) is 2.74. The number of benzene rings is 1. The molecule has 1 atom stereocenters. The lowest BCUT2D eigenvalue weighted by molar-refractivity contribution is -0.117. The highest BCUT2D eigenvalue weighted by Crippen LogP contribution is 2.39. The van der Waals surface area contributed by atoms with Crippen molar-refractivity contribution >= 4 is 27.5 Å². The summed E-state index contributed by atoms with van der Waals surface area (Å²) < 4.78 is 19.5. The first-order valence-electron chi connectivity index (χ1n) is 5.95. The number of rotatable bonds is 3. The summed E-state index contributed by atoms with van der Waals surface area (Å²) in [5, 5.41) is 0. The molecule has 100 valence electrons. The van der Waals surface area contributed by atoms with Crippen LogP contribution >= 0.6 is 15.9 Å². The molecule has 5 heteroatoms. The van der Waals surface area contributed by atoms with Crippen LogP contribution in [0.1, 0.15) is 13.3 Å². The van der Waals surface area contributed by atoms with E-state index in [9.17, 15) is 9.18 Å². The van der Waals surface area contributed by atoms with Crippen molar-refractivity contribution in [3.8, 4) is 18.1 Å². The summed E-state index contributed by atoms with van der Waals surface area (Å²) in [5.41, 5.74) is 0.427. The van der Waals surface area contributed by atoms with E-state index in [-0.39, 0.29) is 18.2 Å². The van der Waals surface area contributed by atoms with E-state index < -0.39 is 5.82 Å². The minimum Gasteiger partial charge on any atom is -0.490 e. The quantitative estimate of drug-likeness (QED) is 0.799. The van der Waals surface area contributed by atoms with Gasteiger partial charge in [0.15, 0.2) is 5.75 Å². The van der Waals surface area contributed by atoms with Gasteiger partial charge in [-0.1, -0.05) is 0 Å². The monoisotopic (exact) mass is 325 g/mol. The van der Waals surface area contributed by atoms with Crippen molar-refractivity contribution in [1.82, 2.24) is 0 Å². The second kappa shape index (κ2) is 5.62. The van der Waals surface area contributed by atoms with Crippen LogP contribution in [0.25, 0.3) is 0 Å². The van der Waals surface area contributed by atoms with Crippen LogP contribution in [0.15, 0.2) is 16.6 Å². The van der Waals surface area contributed by atoms with Gasteiger partial charge in [0.25, 0.3) is 0 Å². The Kier molecular flexibility index (Phi) is 4.11. The first kappa shape index (κ1) is 13.9. The summed E-state index contributed by atoms with van der Waals surface area (Å²) in [4.78, 5) is 13.4. The van der Waals surface area contributed by atoms with E-state index in [2.05, 4.69) is 21.9 Å². The summed E-state index contributed by atoms with van der Waals surface area (Å²) in [5.74, 6) is 2.36. The van der Waals surface area contributed by atoms with Gasteiger partial charge in [0, 0.05) is 24.9 Å². The van der Waals surface area contributed by atoms with Crippen molar-refractivity contribution in [2.45, 2.75) is 13.3 Å². The molecule has 1 aliphatic rings. The van der Waals surface area contributed by atoms with E-state index in [0.29, 0.717) is 29.1 Å². The molecule has 2 rings (SSSR count). The van der Waals surface area contributed by atoms with E-state index in [1.54, 1.807) is 0 Å². The highest BCUT2D eigenvalue weighted by Gasteiger charge is 2.32. The van der Waals surface area contributed by atoms with Crippen molar-refractivity contribution in [2.24, 2.45) is 5.92 Å². The fourth-order valence-corrected chi connectivity index (χ4v) is 2.62. The molecule has 1 heterocycles. The van der Waals surface area contributed by atoms with Crippen LogP contribution in [0.2, 0.25) is 0 Å². The van der Waals surface area contributed by atoms with Crippen molar-refractivity contribution < 1.29 is 13.9 Å². The van der Waals surface area contributed by atoms with Gasteiger partial charge in [0.1, 0.15) is 5.82 Å². The maximum Gasteiger partial charge on any atom is 0.228 e. The number of carbonyl (C=O) groups excluding carboxylic acids is 1. The molecule has 19 heavy (non-hydrogen) atoms. The molecule has 3 nitrogen and oxygen atoms in total. The van der Waals surface area contributed by atoms with E-state index >= 15 is 0 Å². The van der Waals surface area contributed by atoms with Crippen LogP contribution in [0.3, 0.4) is 0 Å². The maximum absolute atomic E-state index is 13.5. The number of amides is 1. The average molecular weight is 326 g/mol. The molecule has 0 saturated carbocycles. The molecule has 0 aromatic heterocycles. The Labute approximate surface area is 119 Å². The number of ether oxygens (including phenoxy) is 1. The molecule has 0 aliphatic carbocycles. The summed E-state index contributed by atoms with van der Waals surface area (Å²) >= 11 is 3.25. The van der Waals surface area contributed by atoms with Gasteiger partial charge < -0.3 is 9.64 Å². The zero-order valence-electron chi connectivity index (χ0n) is 10.5. The van der Waals surface area contributed by atoms with E-state index in [4.69, 9.17) is 11.2 Å². The molecule has 1 amide bonds. The van der Waals surface area contributed by atoms with Gasteiger partial charge in [-0.3, -0.25) is 4.79 Å². The molecular formula is C14H13BrFNO2. The number of hydrogen-bond acceptors (Lipinski definition) is 2. The lowest BCUT2D eigenvalue weighted by atomic mass is 10.1. The molecule has 0 radical (unpaired) electrons. The lowest BCUT2D eigenvalue weighted by Crippen LogP contribution is -2.25. The van der Waals surface area contributed by atoms with Crippen LogP contribution in [-0.2, 0) is 4.79 Å². The van der Waals surface area contributed by atoms with E-state index in [1.807, 2.05) is 6.92 Å². The summed E-state index contributed by atoms with van der Waals surface area (Å²) in [6, 6.07) is 2.61. The number of nitrogens with zero attached hydrogens (tertiary/aromatic N) is 1. The second-order valence-corrected chi connectivity index (χ2v) is 5.10. The lowest BCUT2D eigenvalue weighted by Gasteiger charge is -2.21. The Morgan fingerprint density at radius 2 is 2.37 bits per heavy atom. The van der Waals surface area contributed by atoms with Gasteiger partial charge in [-0.15, -0.1) is 12.3 Å². The number of terminal acetylenes is 1. The third-order valence-corrected chi connectivity index (χ3v) is 3.52. The topological polar surface area (TPSA) is 29.5 Å². The highest BCUT2D eigenvalue weighted by molar-refractivity contribution is 9.10. The van der Waals surface area contributed by atoms with Crippen LogP contribution in [-0.4, -0.2) is 19.1 Å². The van der Waals surface area contributed by atoms with Gasteiger partial charge in [-0.05, 0) is 28.9 Å². The summed E-state index contributed by atoms with van der Waals surface area (Å²) in [6.07, 6.45) is 5.64. The third-order valence-electron chi connectivity index (χ3n) is 2.93. The maximum atomic E-state index is 13.5. The summed E-state index contributed by atoms with van der Waals surface area (Å²) in [6.45, 7) is 2.65. The molecule has 1 saturated heterocycles. The van der Waals surface area contributed by atoms with Crippen molar-refractivity contribution in [1.29, 1.82) is 0 Å². The molecule has 0 bridgehead atoms. The molecule has 0 spiro atoms. The van der Waals surface area contributed by atoms with Gasteiger partial charge in [-0.2, -0.15) is 0 Å². The zero-order valence-corrected chi connectivity index (χ0v) is 12.0. The molecule has 0 N–H and O–H groups in total. The number of hydrogen-bond donors (Lipinski definition) is 0. The predicted octanol–water partition coefficient (Wildman–Crippen LogP) is 2.97. The molecule has 1 aromatic carbocycles. The van der Waals surface area contributed by atoms with Crippen LogP contribution < -0.4 is 9.64 Å². The normalized spacial score (nSPS) is 18.5. The first-order chi connectivity index (χ1) is 9.06. The standard InChI is InChI=1S/C14H13BrFNO2/c1-3-9-5-13(18)17(8-9)12-7-10(16)6-11(15)14(12)19-4-2/h1,6-7,9H,4-5,8H2,2H3. The first-order valence-corrected chi connectivity index (χ1v) is 6.74. The van der Waals surface area contributed by atoms with Crippen LogP contribution in [0.4, 0.5) is 10.1 Å². The van der Waals surface area contributed by atoms with Crippen molar-refractivity contribution in [3.05, 3.63) is 22.4 Å². The number of anilines is 1. The number of carbonyl (C=O) groups is 1. The second-order valence-electron chi connectivity index (χ2n) is 4.24. The molecule has 1 fully saturated rings.